The second kappa shape index (κ2) is 5.68. The first-order valence-electron chi connectivity index (χ1n) is 5.53. The number of benzene rings is 1. The summed E-state index contributed by atoms with van der Waals surface area (Å²) in [6, 6.07) is 7.24. The molecular weight excluding hydrogens is 250 g/mol. The van der Waals surface area contributed by atoms with E-state index in [0.29, 0.717) is 23.9 Å². The lowest BCUT2D eigenvalue weighted by Crippen LogP contribution is -2.05. The van der Waals surface area contributed by atoms with Gasteiger partial charge in [0.25, 0.3) is 0 Å². The van der Waals surface area contributed by atoms with Gasteiger partial charge >= 0.3 is 5.97 Å². The first-order chi connectivity index (χ1) is 8.70. The van der Waals surface area contributed by atoms with Crippen molar-refractivity contribution in [3.8, 4) is 0 Å². The molecule has 0 aliphatic rings. The molecule has 0 radical (unpaired) electrons. The van der Waals surface area contributed by atoms with Crippen molar-refractivity contribution in [3.05, 3.63) is 41.7 Å². The zero-order chi connectivity index (χ0) is 13.0. The van der Waals surface area contributed by atoms with Gasteiger partial charge < -0.3 is 9.30 Å². The van der Waals surface area contributed by atoms with Gasteiger partial charge in [-0.2, -0.15) is 0 Å². The Balaban J connectivity index is 2.08. The molecule has 0 bridgehead atoms. The van der Waals surface area contributed by atoms with Gasteiger partial charge in [-0.1, -0.05) is 12.1 Å². The van der Waals surface area contributed by atoms with Gasteiger partial charge in [0.05, 0.1) is 18.7 Å². The van der Waals surface area contributed by atoms with E-state index in [2.05, 4.69) is 22.8 Å². The molecule has 5 nitrogen and oxygen atoms in total. The summed E-state index contributed by atoms with van der Waals surface area (Å²) in [6.45, 7) is 2.78. The lowest BCUT2D eigenvalue weighted by Gasteiger charge is -2.05. The number of esters is 1. The lowest BCUT2D eigenvalue weighted by atomic mass is 10.1. The average Bonchev–Trinajstić information content (AvgIpc) is 2.76. The Morgan fingerprint density at radius 3 is 2.67 bits per heavy atom. The fourth-order valence-electron chi connectivity index (χ4n) is 1.52. The predicted molar refractivity (Wildman–Crippen MR) is 68.8 cm³/mol. The van der Waals surface area contributed by atoms with Crippen LogP contribution in [0, 0.1) is 0 Å². The largest absolute Gasteiger partial charge is 0.462 e. The highest BCUT2D eigenvalue weighted by molar-refractivity contribution is 7.80. The SMILES string of the molecule is CCOC(=O)c1ccc(Cn2cnnc2S)cc1. The fourth-order valence-corrected chi connectivity index (χ4v) is 1.69. The van der Waals surface area contributed by atoms with Crippen LogP contribution in [0.2, 0.25) is 0 Å². The van der Waals surface area contributed by atoms with Gasteiger partial charge in [-0.25, -0.2) is 4.79 Å². The first-order valence-corrected chi connectivity index (χ1v) is 5.98. The summed E-state index contributed by atoms with van der Waals surface area (Å²) in [5, 5.41) is 8.10. The number of hydrogen-bond acceptors (Lipinski definition) is 5. The normalized spacial score (nSPS) is 10.3. The standard InChI is InChI=1S/C12H13N3O2S/c1-2-17-11(16)10-5-3-9(4-6-10)7-15-8-13-14-12(15)18/h3-6,8H,2,7H2,1H3,(H,14,18). The Kier molecular flexibility index (Phi) is 3.99. The number of thiol groups is 1. The van der Waals surface area contributed by atoms with E-state index in [4.69, 9.17) is 4.74 Å². The highest BCUT2D eigenvalue weighted by atomic mass is 32.1. The Bertz CT molecular complexity index is 537. The van der Waals surface area contributed by atoms with Gasteiger partial charge in [0.1, 0.15) is 6.33 Å². The third kappa shape index (κ3) is 2.89. The molecule has 0 spiro atoms. The quantitative estimate of drug-likeness (QED) is 0.675. The lowest BCUT2D eigenvalue weighted by molar-refractivity contribution is 0.0526. The topological polar surface area (TPSA) is 57.0 Å². The Morgan fingerprint density at radius 1 is 1.39 bits per heavy atom. The molecule has 0 aliphatic heterocycles. The van der Waals surface area contributed by atoms with E-state index >= 15 is 0 Å². The molecular formula is C12H13N3O2S. The third-order valence-corrected chi connectivity index (χ3v) is 2.76. The predicted octanol–water partition coefficient (Wildman–Crippen LogP) is 1.79. The average molecular weight is 263 g/mol. The highest BCUT2D eigenvalue weighted by Crippen LogP contribution is 2.09. The number of carbonyl (C=O) groups is 1. The number of rotatable bonds is 4. The Labute approximate surface area is 110 Å². The summed E-state index contributed by atoms with van der Waals surface area (Å²) in [5.41, 5.74) is 1.59. The first kappa shape index (κ1) is 12.6. The molecule has 2 aromatic rings. The van der Waals surface area contributed by atoms with Gasteiger partial charge in [0, 0.05) is 0 Å². The molecule has 94 valence electrons. The summed E-state index contributed by atoms with van der Waals surface area (Å²) in [6.07, 6.45) is 1.61. The van der Waals surface area contributed by atoms with Crippen LogP contribution in [0.15, 0.2) is 35.7 Å². The van der Waals surface area contributed by atoms with Crippen LogP contribution in [0.1, 0.15) is 22.8 Å². The molecule has 0 unspecified atom stereocenters. The van der Waals surface area contributed by atoms with Gasteiger partial charge in [-0.3, -0.25) is 0 Å². The molecule has 0 saturated carbocycles. The van der Waals surface area contributed by atoms with E-state index in [-0.39, 0.29) is 5.97 Å². The molecule has 0 N–H and O–H groups in total. The van der Waals surface area contributed by atoms with Crippen LogP contribution < -0.4 is 0 Å². The summed E-state index contributed by atoms with van der Waals surface area (Å²) in [4.78, 5) is 11.5. The van der Waals surface area contributed by atoms with Crippen LogP contribution in [-0.4, -0.2) is 27.3 Å². The number of nitrogens with zero attached hydrogens (tertiary/aromatic N) is 3. The van der Waals surface area contributed by atoms with Gasteiger partial charge in [-0.05, 0) is 24.6 Å². The molecule has 2 rings (SSSR count). The molecule has 0 fully saturated rings. The molecule has 1 heterocycles. The fraction of sp³-hybridized carbons (Fsp3) is 0.250. The maximum Gasteiger partial charge on any atom is 0.338 e. The van der Waals surface area contributed by atoms with Crippen LogP contribution >= 0.6 is 12.6 Å². The number of ether oxygens (including phenoxy) is 1. The van der Waals surface area contributed by atoms with Crippen molar-refractivity contribution >= 4 is 18.6 Å². The smallest absolute Gasteiger partial charge is 0.338 e. The molecule has 0 aliphatic carbocycles. The summed E-state index contributed by atoms with van der Waals surface area (Å²) >= 11 is 4.18. The molecule has 0 amide bonds. The van der Waals surface area contributed by atoms with Crippen LogP contribution in [0.4, 0.5) is 0 Å². The molecule has 1 aromatic carbocycles. The zero-order valence-corrected chi connectivity index (χ0v) is 10.8. The summed E-state index contributed by atoms with van der Waals surface area (Å²) in [5.74, 6) is -0.303. The van der Waals surface area contributed by atoms with E-state index in [1.54, 1.807) is 25.4 Å². The second-order valence-corrected chi connectivity index (χ2v) is 4.08. The van der Waals surface area contributed by atoms with Crippen LogP contribution in [0.3, 0.4) is 0 Å². The van der Waals surface area contributed by atoms with Crippen molar-refractivity contribution in [1.82, 2.24) is 14.8 Å². The molecule has 0 saturated heterocycles. The molecule has 6 heteroatoms. The minimum atomic E-state index is -0.303. The highest BCUT2D eigenvalue weighted by Gasteiger charge is 2.06. The minimum Gasteiger partial charge on any atom is -0.462 e. The van der Waals surface area contributed by atoms with Crippen LogP contribution in [0.5, 0.6) is 0 Å². The minimum absolute atomic E-state index is 0.303. The molecule has 1 aromatic heterocycles. The van der Waals surface area contributed by atoms with Crippen molar-refractivity contribution in [1.29, 1.82) is 0 Å². The Morgan fingerprint density at radius 2 is 2.11 bits per heavy atom. The van der Waals surface area contributed by atoms with Crippen molar-refractivity contribution < 1.29 is 9.53 Å². The van der Waals surface area contributed by atoms with E-state index in [1.807, 2.05) is 16.7 Å². The van der Waals surface area contributed by atoms with Gasteiger partial charge in [0.15, 0.2) is 5.16 Å². The molecule has 0 atom stereocenters. The maximum atomic E-state index is 11.5. The van der Waals surface area contributed by atoms with Crippen LogP contribution in [-0.2, 0) is 11.3 Å². The van der Waals surface area contributed by atoms with Crippen molar-refractivity contribution in [2.24, 2.45) is 0 Å². The number of hydrogen-bond donors (Lipinski definition) is 1. The van der Waals surface area contributed by atoms with Crippen molar-refractivity contribution in [2.75, 3.05) is 6.61 Å². The summed E-state index contributed by atoms with van der Waals surface area (Å²) in [7, 11) is 0. The van der Waals surface area contributed by atoms with Crippen LogP contribution in [0.25, 0.3) is 0 Å². The van der Waals surface area contributed by atoms with E-state index in [0.717, 1.165) is 5.56 Å². The third-order valence-electron chi connectivity index (χ3n) is 2.41. The van der Waals surface area contributed by atoms with E-state index < -0.39 is 0 Å². The van der Waals surface area contributed by atoms with Crippen molar-refractivity contribution in [2.45, 2.75) is 18.6 Å². The van der Waals surface area contributed by atoms with Gasteiger partial charge in [-0.15, -0.1) is 22.8 Å². The van der Waals surface area contributed by atoms with Gasteiger partial charge in [0.2, 0.25) is 0 Å². The number of aromatic nitrogens is 3. The molecule has 18 heavy (non-hydrogen) atoms. The van der Waals surface area contributed by atoms with Crippen molar-refractivity contribution in [3.63, 3.8) is 0 Å². The monoisotopic (exact) mass is 263 g/mol. The second-order valence-electron chi connectivity index (χ2n) is 3.68. The summed E-state index contributed by atoms with van der Waals surface area (Å²) < 4.78 is 6.72. The zero-order valence-electron chi connectivity index (χ0n) is 9.91. The Hall–Kier alpha value is -1.82. The van der Waals surface area contributed by atoms with E-state index in [9.17, 15) is 4.79 Å². The van der Waals surface area contributed by atoms with E-state index in [1.165, 1.54) is 0 Å². The number of carbonyl (C=O) groups excluding carboxylic acids is 1. The maximum absolute atomic E-state index is 11.5.